The summed E-state index contributed by atoms with van der Waals surface area (Å²) in [5, 5.41) is 2.46. The molecule has 0 atom stereocenters. The number of fused-ring (bicyclic) bond motifs is 13. The number of nitrogens with zero attached hydrogens (tertiary/aromatic N) is 2. The minimum atomic E-state index is -0.453. The zero-order valence-corrected chi connectivity index (χ0v) is 41.1. The van der Waals surface area contributed by atoms with Gasteiger partial charge in [0.05, 0.1) is 22.1 Å². The molecule has 350 valence electrons. The van der Waals surface area contributed by atoms with E-state index in [1.807, 2.05) is 0 Å². The average molecular weight is 953 g/mol. The van der Waals surface area contributed by atoms with E-state index in [1.54, 1.807) is 0 Å². The van der Waals surface area contributed by atoms with Gasteiger partial charge in [-0.3, -0.25) is 0 Å². The van der Waals surface area contributed by atoms with E-state index in [9.17, 15) is 0 Å². The standard InChI is InChI=1S/C73H48N2/c1-4-23-49(24-5-1)55-31-10-11-36-62(55)71-56(50-25-6-2-7-26-50)37-22-44-70(71)74(53-30-20-27-51(47-53)57-38-21-39-63-61-35-15-19-43-69(61)75(72(57)63)52-28-8-3-9-29-52)54-45-46-68-64(48-54)60-34-14-18-42-67(60)73(68)65-40-16-12-32-58(65)59-33-13-17-41-66(59)73/h1-48H. The molecule has 75 heavy (non-hydrogen) atoms. The van der Waals surface area contributed by atoms with Gasteiger partial charge in [0.2, 0.25) is 0 Å². The zero-order chi connectivity index (χ0) is 49.5. The van der Waals surface area contributed by atoms with Crippen molar-refractivity contribution in [2.45, 2.75) is 5.41 Å². The topological polar surface area (TPSA) is 8.17 Å². The van der Waals surface area contributed by atoms with Crippen molar-refractivity contribution in [2.75, 3.05) is 4.90 Å². The summed E-state index contributed by atoms with van der Waals surface area (Å²) in [7, 11) is 0. The largest absolute Gasteiger partial charge is 0.310 e. The Labute approximate surface area is 437 Å². The third-order valence-electron chi connectivity index (χ3n) is 16.0. The maximum Gasteiger partial charge on any atom is 0.0725 e. The third kappa shape index (κ3) is 6.46. The van der Waals surface area contributed by atoms with E-state index in [2.05, 4.69) is 301 Å². The molecule has 0 unspecified atom stereocenters. The highest BCUT2D eigenvalue weighted by Gasteiger charge is 2.51. The van der Waals surface area contributed by atoms with Gasteiger partial charge in [0.25, 0.3) is 0 Å². The smallest absolute Gasteiger partial charge is 0.0725 e. The van der Waals surface area contributed by atoms with E-state index in [1.165, 1.54) is 94.1 Å². The van der Waals surface area contributed by atoms with Gasteiger partial charge in [-0.25, -0.2) is 0 Å². The van der Waals surface area contributed by atoms with Crippen LogP contribution >= 0.6 is 0 Å². The fourth-order valence-corrected chi connectivity index (χ4v) is 13.0. The van der Waals surface area contributed by atoms with Crippen molar-refractivity contribution in [3.63, 3.8) is 0 Å². The summed E-state index contributed by atoms with van der Waals surface area (Å²) in [6.07, 6.45) is 0. The molecule has 0 radical (unpaired) electrons. The molecular weight excluding hydrogens is 905 g/mol. The molecule has 12 aromatic carbocycles. The fourth-order valence-electron chi connectivity index (χ4n) is 13.0. The summed E-state index contributed by atoms with van der Waals surface area (Å²) in [6, 6.07) is 108. The normalized spacial score (nSPS) is 12.6. The van der Waals surface area contributed by atoms with E-state index in [4.69, 9.17) is 0 Å². The number of rotatable bonds is 8. The molecule has 2 nitrogen and oxygen atoms in total. The van der Waals surface area contributed by atoms with Crippen LogP contribution in [0, 0.1) is 0 Å². The Morgan fingerprint density at radius 2 is 0.747 bits per heavy atom. The van der Waals surface area contributed by atoms with E-state index in [0.29, 0.717) is 0 Å². The van der Waals surface area contributed by atoms with Crippen LogP contribution in [-0.2, 0) is 5.41 Å². The molecule has 1 aromatic heterocycles. The molecule has 0 fully saturated rings. The molecule has 0 bridgehead atoms. The molecule has 1 spiro atoms. The lowest BCUT2D eigenvalue weighted by Gasteiger charge is -2.32. The highest BCUT2D eigenvalue weighted by molar-refractivity contribution is 6.14. The number of anilines is 3. The van der Waals surface area contributed by atoms with Crippen LogP contribution in [0.1, 0.15) is 22.3 Å². The average Bonchev–Trinajstić information content (AvgIpc) is 4.30. The predicted molar refractivity (Wildman–Crippen MR) is 314 cm³/mol. The molecule has 15 rings (SSSR count). The van der Waals surface area contributed by atoms with Crippen molar-refractivity contribution in [3.05, 3.63) is 313 Å². The molecule has 2 aliphatic rings. The van der Waals surface area contributed by atoms with E-state index in [0.717, 1.165) is 39.4 Å². The van der Waals surface area contributed by atoms with Crippen LogP contribution in [-0.4, -0.2) is 4.57 Å². The van der Waals surface area contributed by atoms with Gasteiger partial charge in [-0.15, -0.1) is 0 Å². The van der Waals surface area contributed by atoms with Crippen molar-refractivity contribution in [1.82, 2.24) is 4.57 Å². The maximum atomic E-state index is 2.53. The molecule has 2 heteroatoms. The van der Waals surface area contributed by atoms with Gasteiger partial charge in [0.15, 0.2) is 0 Å². The zero-order valence-electron chi connectivity index (χ0n) is 41.1. The lowest BCUT2D eigenvalue weighted by atomic mass is 9.70. The first kappa shape index (κ1) is 42.9. The van der Waals surface area contributed by atoms with Crippen LogP contribution in [0.5, 0.6) is 0 Å². The quantitative estimate of drug-likeness (QED) is 0.147. The van der Waals surface area contributed by atoms with Crippen molar-refractivity contribution >= 4 is 38.9 Å². The van der Waals surface area contributed by atoms with Crippen molar-refractivity contribution < 1.29 is 0 Å². The maximum absolute atomic E-state index is 2.53. The lowest BCUT2D eigenvalue weighted by Crippen LogP contribution is -2.25. The first-order chi connectivity index (χ1) is 37.3. The van der Waals surface area contributed by atoms with E-state index in [-0.39, 0.29) is 0 Å². The number of para-hydroxylation sites is 3. The molecule has 13 aromatic rings. The van der Waals surface area contributed by atoms with Crippen LogP contribution < -0.4 is 4.90 Å². The van der Waals surface area contributed by atoms with Gasteiger partial charge < -0.3 is 9.47 Å². The lowest BCUT2D eigenvalue weighted by molar-refractivity contribution is 0.794. The van der Waals surface area contributed by atoms with Crippen molar-refractivity contribution in [2.24, 2.45) is 0 Å². The van der Waals surface area contributed by atoms with Gasteiger partial charge in [0.1, 0.15) is 0 Å². The molecule has 0 aliphatic heterocycles. The summed E-state index contributed by atoms with van der Waals surface area (Å²) in [6.45, 7) is 0. The second kappa shape index (κ2) is 17.2. The molecular formula is C73H48N2. The first-order valence-corrected chi connectivity index (χ1v) is 26.0. The van der Waals surface area contributed by atoms with Gasteiger partial charge in [0, 0.05) is 39.0 Å². The Kier molecular flexibility index (Phi) is 9.83. The van der Waals surface area contributed by atoms with Crippen LogP contribution in [0.15, 0.2) is 291 Å². The van der Waals surface area contributed by atoms with Crippen LogP contribution in [0.4, 0.5) is 17.1 Å². The molecule has 2 aliphatic carbocycles. The van der Waals surface area contributed by atoms with Gasteiger partial charge in [-0.1, -0.05) is 243 Å². The molecule has 0 saturated carbocycles. The summed E-state index contributed by atoms with van der Waals surface area (Å²) < 4.78 is 2.44. The fraction of sp³-hybridized carbons (Fsp3) is 0.0137. The Hall–Kier alpha value is -9.76. The third-order valence-corrected chi connectivity index (χ3v) is 16.0. The number of hydrogen-bond acceptors (Lipinski definition) is 1. The molecule has 1 heterocycles. The minimum absolute atomic E-state index is 0.453. The molecule has 0 saturated heterocycles. The van der Waals surface area contributed by atoms with Crippen LogP contribution in [0.3, 0.4) is 0 Å². The first-order valence-electron chi connectivity index (χ1n) is 26.0. The van der Waals surface area contributed by atoms with E-state index >= 15 is 0 Å². The Morgan fingerprint density at radius 3 is 1.44 bits per heavy atom. The highest BCUT2D eigenvalue weighted by Crippen LogP contribution is 2.63. The number of hydrogen-bond donors (Lipinski definition) is 0. The van der Waals surface area contributed by atoms with Crippen LogP contribution in [0.25, 0.3) is 94.3 Å². The molecule has 0 N–H and O–H groups in total. The summed E-state index contributed by atoms with van der Waals surface area (Å²) in [5.74, 6) is 0. The monoisotopic (exact) mass is 952 g/mol. The second-order valence-corrected chi connectivity index (χ2v) is 19.9. The minimum Gasteiger partial charge on any atom is -0.310 e. The van der Waals surface area contributed by atoms with Gasteiger partial charge >= 0.3 is 0 Å². The van der Waals surface area contributed by atoms with Crippen LogP contribution in [0.2, 0.25) is 0 Å². The Morgan fingerprint density at radius 1 is 0.280 bits per heavy atom. The number of benzene rings is 12. The SMILES string of the molecule is c1ccc(-c2ccccc2-c2c(-c3ccccc3)cccc2N(c2cccc(-c3cccc4c5ccccc5n(-c5ccccc5)c34)c2)c2ccc3c(c2)-c2ccccc2C32c3ccccc3-c3ccccc32)cc1. The van der Waals surface area contributed by atoms with Crippen molar-refractivity contribution in [3.8, 4) is 72.4 Å². The van der Waals surface area contributed by atoms with E-state index < -0.39 is 5.41 Å². The Balaban J connectivity index is 1.02. The highest BCUT2D eigenvalue weighted by atomic mass is 15.1. The van der Waals surface area contributed by atoms with Gasteiger partial charge in [-0.2, -0.15) is 0 Å². The summed E-state index contributed by atoms with van der Waals surface area (Å²) in [5.41, 5.74) is 26.1. The Bertz CT molecular complexity index is 4310. The summed E-state index contributed by atoms with van der Waals surface area (Å²) >= 11 is 0. The second-order valence-electron chi connectivity index (χ2n) is 19.9. The summed E-state index contributed by atoms with van der Waals surface area (Å²) in [4.78, 5) is 2.53. The number of aromatic nitrogens is 1. The predicted octanol–water partition coefficient (Wildman–Crippen LogP) is 19.3. The van der Waals surface area contributed by atoms with Crippen molar-refractivity contribution in [1.29, 1.82) is 0 Å². The van der Waals surface area contributed by atoms with Gasteiger partial charge in [-0.05, 0) is 126 Å². The molecule has 0 amide bonds.